The van der Waals surface area contributed by atoms with Crippen molar-refractivity contribution in [2.24, 2.45) is 0 Å². The first-order chi connectivity index (χ1) is 8.18. The van der Waals surface area contributed by atoms with Crippen LogP contribution in [0.1, 0.15) is 10.4 Å². The SMILES string of the molecule is O=C(Nc1cncnc1)c1cccc(F)c1F. The van der Waals surface area contributed by atoms with Crippen LogP contribution in [0.15, 0.2) is 36.9 Å². The molecule has 0 fully saturated rings. The number of nitrogens with zero attached hydrogens (tertiary/aromatic N) is 2. The maximum Gasteiger partial charge on any atom is 0.258 e. The van der Waals surface area contributed by atoms with Gasteiger partial charge in [0.1, 0.15) is 6.33 Å². The van der Waals surface area contributed by atoms with Crippen LogP contribution in [0.3, 0.4) is 0 Å². The van der Waals surface area contributed by atoms with E-state index in [0.29, 0.717) is 5.69 Å². The minimum Gasteiger partial charge on any atom is -0.319 e. The third kappa shape index (κ3) is 2.41. The lowest BCUT2D eigenvalue weighted by Crippen LogP contribution is -2.14. The minimum atomic E-state index is -1.18. The van der Waals surface area contributed by atoms with E-state index in [9.17, 15) is 13.6 Å². The molecule has 1 aromatic heterocycles. The van der Waals surface area contributed by atoms with E-state index in [4.69, 9.17) is 0 Å². The van der Waals surface area contributed by atoms with Gasteiger partial charge in [0.05, 0.1) is 23.6 Å². The molecule has 1 heterocycles. The Bertz CT molecular complexity index is 546. The average Bonchev–Trinajstić information content (AvgIpc) is 2.34. The second-order valence-electron chi connectivity index (χ2n) is 3.18. The van der Waals surface area contributed by atoms with E-state index < -0.39 is 17.5 Å². The van der Waals surface area contributed by atoms with E-state index >= 15 is 0 Å². The number of hydrogen-bond acceptors (Lipinski definition) is 3. The largest absolute Gasteiger partial charge is 0.319 e. The summed E-state index contributed by atoms with van der Waals surface area (Å²) in [5, 5.41) is 2.36. The molecule has 4 nitrogen and oxygen atoms in total. The van der Waals surface area contributed by atoms with Crippen LogP contribution in [0, 0.1) is 11.6 Å². The van der Waals surface area contributed by atoms with Crippen molar-refractivity contribution in [3.63, 3.8) is 0 Å². The van der Waals surface area contributed by atoms with E-state index in [1.165, 1.54) is 30.9 Å². The highest BCUT2D eigenvalue weighted by Crippen LogP contribution is 2.13. The van der Waals surface area contributed by atoms with Gasteiger partial charge in [-0.2, -0.15) is 0 Å². The van der Waals surface area contributed by atoms with Crippen LogP contribution < -0.4 is 5.32 Å². The molecule has 0 saturated carbocycles. The van der Waals surface area contributed by atoms with Gasteiger partial charge in [-0.15, -0.1) is 0 Å². The lowest BCUT2D eigenvalue weighted by atomic mass is 10.2. The van der Waals surface area contributed by atoms with Crippen molar-refractivity contribution in [2.75, 3.05) is 5.32 Å². The molecule has 0 bridgehead atoms. The lowest BCUT2D eigenvalue weighted by molar-refractivity contribution is 0.102. The number of anilines is 1. The predicted octanol–water partition coefficient (Wildman–Crippen LogP) is 2.01. The van der Waals surface area contributed by atoms with Crippen LogP contribution in [0.25, 0.3) is 0 Å². The number of rotatable bonds is 2. The van der Waals surface area contributed by atoms with E-state index in [2.05, 4.69) is 15.3 Å². The number of halogens is 2. The normalized spacial score (nSPS) is 10.0. The van der Waals surface area contributed by atoms with Gasteiger partial charge in [-0.05, 0) is 12.1 Å². The fourth-order valence-corrected chi connectivity index (χ4v) is 1.24. The van der Waals surface area contributed by atoms with E-state index in [1.807, 2.05) is 0 Å². The van der Waals surface area contributed by atoms with Crippen LogP contribution in [0.2, 0.25) is 0 Å². The summed E-state index contributed by atoms with van der Waals surface area (Å²) in [7, 11) is 0. The number of amides is 1. The monoisotopic (exact) mass is 235 g/mol. The van der Waals surface area contributed by atoms with Crippen molar-refractivity contribution in [3.05, 3.63) is 54.1 Å². The Balaban J connectivity index is 2.24. The van der Waals surface area contributed by atoms with Crippen molar-refractivity contribution in [2.45, 2.75) is 0 Å². The zero-order valence-electron chi connectivity index (χ0n) is 8.52. The highest BCUT2D eigenvalue weighted by Gasteiger charge is 2.14. The number of benzene rings is 1. The molecule has 1 amide bonds. The van der Waals surface area contributed by atoms with Gasteiger partial charge in [0.2, 0.25) is 0 Å². The summed E-state index contributed by atoms with van der Waals surface area (Å²) in [5.74, 6) is -3.00. The van der Waals surface area contributed by atoms with Gasteiger partial charge >= 0.3 is 0 Å². The lowest BCUT2D eigenvalue weighted by Gasteiger charge is -2.05. The second kappa shape index (κ2) is 4.65. The Morgan fingerprint density at radius 3 is 2.59 bits per heavy atom. The Morgan fingerprint density at radius 1 is 1.18 bits per heavy atom. The quantitative estimate of drug-likeness (QED) is 0.866. The van der Waals surface area contributed by atoms with Gasteiger partial charge < -0.3 is 5.32 Å². The highest BCUT2D eigenvalue weighted by molar-refractivity contribution is 6.04. The third-order valence-electron chi connectivity index (χ3n) is 2.01. The predicted molar refractivity (Wildman–Crippen MR) is 56.3 cm³/mol. The number of carbonyl (C=O) groups is 1. The van der Waals surface area contributed by atoms with Gasteiger partial charge in [-0.1, -0.05) is 6.07 Å². The summed E-state index contributed by atoms with van der Waals surface area (Å²) in [6, 6.07) is 3.39. The fourth-order valence-electron chi connectivity index (χ4n) is 1.24. The Kier molecular flexibility index (Phi) is 3.04. The summed E-state index contributed by atoms with van der Waals surface area (Å²) < 4.78 is 26.2. The molecule has 2 aromatic rings. The van der Waals surface area contributed by atoms with Gasteiger partial charge in [-0.3, -0.25) is 4.79 Å². The molecular weight excluding hydrogens is 228 g/mol. The van der Waals surface area contributed by atoms with Crippen molar-refractivity contribution in [1.29, 1.82) is 0 Å². The summed E-state index contributed by atoms with van der Waals surface area (Å²) in [4.78, 5) is 19.0. The molecule has 6 heteroatoms. The molecule has 86 valence electrons. The Morgan fingerprint density at radius 2 is 1.88 bits per heavy atom. The molecule has 0 aliphatic heterocycles. The summed E-state index contributed by atoms with van der Waals surface area (Å²) >= 11 is 0. The molecule has 0 spiro atoms. The molecule has 17 heavy (non-hydrogen) atoms. The summed E-state index contributed by atoms with van der Waals surface area (Å²) in [5.41, 5.74) is -0.0602. The summed E-state index contributed by atoms with van der Waals surface area (Å²) in [6.07, 6.45) is 3.99. The molecule has 1 N–H and O–H groups in total. The molecule has 0 unspecified atom stereocenters. The molecular formula is C11H7F2N3O. The van der Waals surface area contributed by atoms with Crippen molar-refractivity contribution >= 4 is 11.6 Å². The summed E-state index contributed by atoms with van der Waals surface area (Å²) in [6.45, 7) is 0. The maximum atomic E-state index is 13.3. The van der Waals surface area contributed by atoms with E-state index in [0.717, 1.165) is 6.07 Å². The van der Waals surface area contributed by atoms with Crippen LogP contribution in [-0.4, -0.2) is 15.9 Å². The second-order valence-corrected chi connectivity index (χ2v) is 3.18. The van der Waals surface area contributed by atoms with Crippen molar-refractivity contribution < 1.29 is 13.6 Å². The average molecular weight is 235 g/mol. The standard InChI is InChI=1S/C11H7F2N3O/c12-9-3-1-2-8(10(9)13)11(17)16-7-4-14-6-15-5-7/h1-6H,(H,16,17). The first-order valence-electron chi connectivity index (χ1n) is 4.69. The zero-order valence-corrected chi connectivity index (χ0v) is 8.52. The molecule has 2 rings (SSSR count). The van der Waals surface area contributed by atoms with Crippen LogP contribution in [0.5, 0.6) is 0 Å². The topological polar surface area (TPSA) is 54.9 Å². The first-order valence-corrected chi connectivity index (χ1v) is 4.69. The van der Waals surface area contributed by atoms with Gasteiger partial charge in [0.25, 0.3) is 5.91 Å². The van der Waals surface area contributed by atoms with Crippen LogP contribution in [-0.2, 0) is 0 Å². The van der Waals surface area contributed by atoms with E-state index in [-0.39, 0.29) is 5.56 Å². The van der Waals surface area contributed by atoms with Crippen LogP contribution >= 0.6 is 0 Å². The van der Waals surface area contributed by atoms with Crippen LogP contribution in [0.4, 0.5) is 14.5 Å². The van der Waals surface area contributed by atoms with Gasteiger partial charge in [0, 0.05) is 0 Å². The molecule has 0 aliphatic rings. The molecule has 0 radical (unpaired) electrons. The minimum absolute atomic E-state index is 0.307. The molecule has 1 aromatic carbocycles. The van der Waals surface area contributed by atoms with Gasteiger partial charge in [-0.25, -0.2) is 18.7 Å². The Labute approximate surface area is 95.3 Å². The highest BCUT2D eigenvalue weighted by atomic mass is 19.2. The first kappa shape index (κ1) is 11.1. The van der Waals surface area contributed by atoms with E-state index in [1.54, 1.807) is 0 Å². The molecule has 0 saturated heterocycles. The van der Waals surface area contributed by atoms with Crippen molar-refractivity contribution in [1.82, 2.24) is 9.97 Å². The third-order valence-corrected chi connectivity index (χ3v) is 2.01. The number of nitrogens with one attached hydrogen (secondary N) is 1. The number of aromatic nitrogens is 2. The van der Waals surface area contributed by atoms with Crippen molar-refractivity contribution in [3.8, 4) is 0 Å². The smallest absolute Gasteiger partial charge is 0.258 e. The molecule has 0 aliphatic carbocycles. The van der Waals surface area contributed by atoms with Gasteiger partial charge in [0.15, 0.2) is 11.6 Å². The number of carbonyl (C=O) groups excluding carboxylic acids is 1. The zero-order chi connectivity index (χ0) is 12.3. The Hall–Kier alpha value is -2.37. The number of hydrogen-bond donors (Lipinski definition) is 1. The molecule has 0 atom stereocenters. The maximum absolute atomic E-state index is 13.3. The fraction of sp³-hybridized carbons (Fsp3) is 0.